The van der Waals surface area contributed by atoms with E-state index in [9.17, 15) is 0 Å². The molecule has 18 heavy (non-hydrogen) atoms. The highest BCUT2D eigenvalue weighted by molar-refractivity contribution is 7.80. The smallest absolute Gasteiger partial charge is 0.228 e. The van der Waals surface area contributed by atoms with Crippen molar-refractivity contribution in [1.29, 1.82) is 0 Å². The monoisotopic (exact) mass is 263 g/mol. The number of anilines is 1. The molecule has 2 aromatic heterocycles. The number of nitrogens with zero attached hydrogens (tertiary/aromatic N) is 3. The van der Waals surface area contributed by atoms with Crippen LogP contribution in [0.4, 0.5) is 5.82 Å². The molecule has 0 aliphatic heterocycles. The minimum absolute atomic E-state index is 0.322. The van der Waals surface area contributed by atoms with E-state index in [1.165, 1.54) is 6.33 Å². The van der Waals surface area contributed by atoms with Gasteiger partial charge in [0.2, 0.25) is 5.89 Å². The summed E-state index contributed by atoms with van der Waals surface area (Å²) in [4.78, 5) is 8.62. The van der Waals surface area contributed by atoms with E-state index in [0.717, 1.165) is 11.3 Å². The molecule has 0 fully saturated rings. The number of aromatic nitrogens is 3. The Hall–Kier alpha value is -2.02. The zero-order valence-electron chi connectivity index (χ0n) is 9.88. The second kappa shape index (κ2) is 5.54. The molecule has 0 aliphatic rings. The summed E-state index contributed by atoms with van der Waals surface area (Å²) in [5.74, 6) is 1.26. The number of nitrogens with one attached hydrogen (secondary N) is 1. The van der Waals surface area contributed by atoms with Crippen LogP contribution >= 0.6 is 12.2 Å². The van der Waals surface area contributed by atoms with Gasteiger partial charge in [0.1, 0.15) is 10.8 Å². The molecule has 0 amide bonds. The lowest BCUT2D eigenvalue weighted by Crippen LogP contribution is -2.16. The van der Waals surface area contributed by atoms with Crippen LogP contribution in [0.5, 0.6) is 0 Å². The molecule has 0 aliphatic carbocycles. The largest absolute Gasteiger partial charge is 0.389 e. The molecule has 6 nitrogen and oxygen atoms in total. The van der Waals surface area contributed by atoms with Crippen LogP contribution in [0.15, 0.2) is 23.0 Å². The van der Waals surface area contributed by atoms with Crippen molar-refractivity contribution < 1.29 is 4.52 Å². The summed E-state index contributed by atoms with van der Waals surface area (Å²) in [7, 11) is 0. The predicted molar refractivity (Wildman–Crippen MR) is 71.4 cm³/mol. The van der Waals surface area contributed by atoms with Crippen LogP contribution in [-0.4, -0.2) is 26.7 Å². The molecule has 2 aromatic rings. The Morgan fingerprint density at radius 3 is 3.00 bits per heavy atom. The van der Waals surface area contributed by atoms with Crippen LogP contribution < -0.4 is 11.1 Å². The van der Waals surface area contributed by atoms with Crippen molar-refractivity contribution in [1.82, 2.24) is 15.1 Å². The normalized spacial score (nSPS) is 10.3. The molecule has 0 unspecified atom stereocenters. The summed E-state index contributed by atoms with van der Waals surface area (Å²) in [6.07, 6.45) is 1.99. The van der Waals surface area contributed by atoms with E-state index in [-0.39, 0.29) is 0 Å². The van der Waals surface area contributed by atoms with E-state index in [1.807, 2.05) is 19.1 Å². The van der Waals surface area contributed by atoms with E-state index in [1.54, 1.807) is 0 Å². The first-order chi connectivity index (χ1) is 8.66. The van der Waals surface area contributed by atoms with Gasteiger partial charge >= 0.3 is 0 Å². The molecular weight excluding hydrogens is 250 g/mol. The molecule has 0 saturated carbocycles. The van der Waals surface area contributed by atoms with Crippen molar-refractivity contribution in [3.63, 3.8) is 0 Å². The van der Waals surface area contributed by atoms with Crippen LogP contribution in [0.1, 0.15) is 17.1 Å². The van der Waals surface area contributed by atoms with Gasteiger partial charge in [-0.2, -0.15) is 4.98 Å². The van der Waals surface area contributed by atoms with Crippen molar-refractivity contribution >= 4 is 23.0 Å². The Bertz CT molecular complexity index is 540. The fourth-order valence-electron chi connectivity index (χ4n) is 1.48. The zero-order chi connectivity index (χ0) is 13.0. The van der Waals surface area contributed by atoms with Crippen molar-refractivity contribution in [3.8, 4) is 0 Å². The molecule has 0 saturated heterocycles. The molecule has 0 spiro atoms. The van der Waals surface area contributed by atoms with Gasteiger partial charge in [-0.1, -0.05) is 17.4 Å². The maximum Gasteiger partial charge on any atom is 0.228 e. The van der Waals surface area contributed by atoms with E-state index >= 15 is 0 Å². The molecule has 3 N–H and O–H groups in total. The van der Waals surface area contributed by atoms with Crippen molar-refractivity contribution in [2.75, 3.05) is 11.9 Å². The maximum absolute atomic E-state index is 5.64. The van der Waals surface area contributed by atoms with Crippen LogP contribution in [0.2, 0.25) is 0 Å². The van der Waals surface area contributed by atoms with Gasteiger partial charge in [-0.15, -0.1) is 0 Å². The highest BCUT2D eigenvalue weighted by Gasteiger charge is 2.07. The standard InChI is InChI=1S/C11H13N5OS/c1-7-2-3-8(10(12)18)11(16-7)13-5-4-9-14-6-15-17-9/h2-3,6H,4-5H2,1H3,(H2,12,18)(H,13,16). The second-order valence-electron chi connectivity index (χ2n) is 3.72. The van der Waals surface area contributed by atoms with Gasteiger partial charge in [0.15, 0.2) is 6.33 Å². The predicted octanol–water partition coefficient (Wildman–Crippen LogP) is 1.06. The van der Waals surface area contributed by atoms with Crippen LogP contribution in [0.25, 0.3) is 0 Å². The van der Waals surface area contributed by atoms with E-state index in [2.05, 4.69) is 20.4 Å². The van der Waals surface area contributed by atoms with Crippen LogP contribution in [0.3, 0.4) is 0 Å². The molecular formula is C11H13N5OS. The third kappa shape index (κ3) is 3.01. The molecule has 7 heteroatoms. The zero-order valence-corrected chi connectivity index (χ0v) is 10.7. The van der Waals surface area contributed by atoms with Gasteiger partial charge in [-0.25, -0.2) is 4.98 Å². The van der Waals surface area contributed by atoms with Crippen molar-refractivity contribution in [3.05, 3.63) is 35.6 Å². The minimum Gasteiger partial charge on any atom is -0.389 e. The first-order valence-corrected chi connectivity index (χ1v) is 5.84. The first kappa shape index (κ1) is 12.4. The number of rotatable bonds is 5. The minimum atomic E-state index is 0.322. The number of hydrogen-bond acceptors (Lipinski definition) is 6. The quantitative estimate of drug-likeness (QED) is 0.779. The lowest BCUT2D eigenvalue weighted by Gasteiger charge is -2.09. The Balaban J connectivity index is 2.03. The molecule has 2 heterocycles. The summed E-state index contributed by atoms with van der Waals surface area (Å²) >= 11 is 4.98. The molecule has 2 rings (SSSR count). The summed E-state index contributed by atoms with van der Waals surface area (Å²) in [5, 5.41) is 6.70. The molecule has 0 atom stereocenters. The van der Waals surface area contributed by atoms with E-state index in [4.69, 9.17) is 22.5 Å². The molecule has 0 radical (unpaired) electrons. The lowest BCUT2D eigenvalue weighted by molar-refractivity contribution is 0.379. The number of thiocarbonyl (C=S) groups is 1. The van der Waals surface area contributed by atoms with E-state index < -0.39 is 0 Å². The van der Waals surface area contributed by atoms with Crippen LogP contribution in [-0.2, 0) is 6.42 Å². The topological polar surface area (TPSA) is 89.9 Å². The summed E-state index contributed by atoms with van der Waals surface area (Å²) in [5.41, 5.74) is 7.28. The Kier molecular flexibility index (Phi) is 3.83. The fraction of sp³-hybridized carbons (Fsp3) is 0.273. The Morgan fingerprint density at radius 1 is 1.50 bits per heavy atom. The SMILES string of the molecule is Cc1ccc(C(N)=S)c(NCCc2ncno2)n1. The van der Waals surface area contributed by atoms with Gasteiger partial charge < -0.3 is 15.6 Å². The lowest BCUT2D eigenvalue weighted by atomic mass is 10.2. The van der Waals surface area contributed by atoms with Gasteiger partial charge in [0, 0.05) is 18.7 Å². The Morgan fingerprint density at radius 2 is 2.33 bits per heavy atom. The van der Waals surface area contributed by atoms with Crippen LogP contribution in [0, 0.1) is 6.92 Å². The Labute approximate surface area is 110 Å². The average Bonchev–Trinajstić information content (AvgIpc) is 2.82. The van der Waals surface area contributed by atoms with Crippen molar-refractivity contribution in [2.24, 2.45) is 5.73 Å². The number of hydrogen-bond donors (Lipinski definition) is 2. The third-order valence-corrected chi connectivity index (χ3v) is 2.56. The molecule has 0 bridgehead atoms. The van der Waals surface area contributed by atoms with Crippen molar-refractivity contribution in [2.45, 2.75) is 13.3 Å². The summed E-state index contributed by atoms with van der Waals surface area (Å²) < 4.78 is 4.90. The average molecular weight is 263 g/mol. The maximum atomic E-state index is 5.64. The highest BCUT2D eigenvalue weighted by atomic mass is 32.1. The fourth-order valence-corrected chi connectivity index (χ4v) is 1.65. The van der Waals surface area contributed by atoms with Gasteiger partial charge in [-0.05, 0) is 19.1 Å². The number of nitrogens with two attached hydrogens (primary N) is 1. The molecule has 94 valence electrons. The number of pyridine rings is 1. The summed E-state index contributed by atoms with van der Waals surface area (Å²) in [6, 6.07) is 3.73. The molecule has 0 aromatic carbocycles. The van der Waals surface area contributed by atoms with Gasteiger partial charge in [0.05, 0.1) is 5.56 Å². The number of aryl methyl sites for hydroxylation is 1. The summed E-state index contributed by atoms with van der Waals surface area (Å²) in [6.45, 7) is 2.53. The highest BCUT2D eigenvalue weighted by Crippen LogP contribution is 2.13. The van der Waals surface area contributed by atoms with Gasteiger partial charge in [-0.3, -0.25) is 0 Å². The second-order valence-corrected chi connectivity index (χ2v) is 4.16. The first-order valence-electron chi connectivity index (χ1n) is 5.43. The van der Waals surface area contributed by atoms with E-state index in [0.29, 0.717) is 29.7 Å². The third-order valence-electron chi connectivity index (χ3n) is 2.34. The van der Waals surface area contributed by atoms with Gasteiger partial charge in [0.25, 0.3) is 0 Å².